The number of nitrogens with one attached hydrogen (secondary N) is 1. The van der Waals surface area contributed by atoms with E-state index in [2.05, 4.69) is 41.4 Å². The minimum absolute atomic E-state index is 0.0861. The highest BCUT2D eigenvalue weighted by atomic mass is 16.3. The first kappa shape index (κ1) is 16.9. The fourth-order valence-electron chi connectivity index (χ4n) is 4.09. The fourth-order valence-corrected chi connectivity index (χ4v) is 4.09. The van der Waals surface area contributed by atoms with Crippen LogP contribution in [0.1, 0.15) is 56.6 Å². The van der Waals surface area contributed by atoms with Crippen LogP contribution in [-0.2, 0) is 13.1 Å². The molecule has 1 aromatic rings. The third-order valence-electron chi connectivity index (χ3n) is 5.77. The second-order valence-corrected chi connectivity index (χ2v) is 7.44. The highest BCUT2D eigenvalue weighted by molar-refractivity contribution is 5.27. The summed E-state index contributed by atoms with van der Waals surface area (Å²) in [6, 6.07) is 9.56. The molecule has 128 valence electrons. The van der Waals surface area contributed by atoms with Crippen LogP contribution >= 0.6 is 0 Å². The maximum absolute atomic E-state index is 9.66. The van der Waals surface area contributed by atoms with Gasteiger partial charge in [-0.15, -0.1) is 0 Å². The first-order chi connectivity index (χ1) is 11.2. The summed E-state index contributed by atoms with van der Waals surface area (Å²) in [4.78, 5) is 2.48. The summed E-state index contributed by atoms with van der Waals surface area (Å²) < 4.78 is 0. The SMILES string of the molecule is CCC1CCC(NCc2ccccc2CN2CCC(O)CC2)C1. The lowest BCUT2D eigenvalue weighted by Gasteiger charge is -2.30. The summed E-state index contributed by atoms with van der Waals surface area (Å²) in [5, 5.41) is 13.4. The zero-order valence-electron chi connectivity index (χ0n) is 14.5. The molecule has 2 atom stereocenters. The Morgan fingerprint density at radius 3 is 2.52 bits per heavy atom. The molecule has 0 aromatic heterocycles. The van der Waals surface area contributed by atoms with Crippen molar-refractivity contribution in [2.45, 2.75) is 70.7 Å². The van der Waals surface area contributed by atoms with Gasteiger partial charge in [0.05, 0.1) is 6.10 Å². The normalized spacial score (nSPS) is 26.7. The van der Waals surface area contributed by atoms with Crippen molar-refractivity contribution >= 4 is 0 Å². The van der Waals surface area contributed by atoms with Crippen LogP contribution in [0.15, 0.2) is 24.3 Å². The van der Waals surface area contributed by atoms with Gasteiger partial charge < -0.3 is 10.4 Å². The standard InChI is InChI=1S/C20H32N2O/c1-2-16-7-8-19(13-16)21-14-17-5-3-4-6-18(17)15-22-11-9-20(23)10-12-22/h3-6,16,19-21,23H,2,7-15H2,1H3. The Kier molecular flexibility index (Phi) is 6.09. The molecule has 1 aromatic carbocycles. The Bertz CT molecular complexity index is 482. The van der Waals surface area contributed by atoms with Crippen LogP contribution in [0.4, 0.5) is 0 Å². The van der Waals surface area contributed by atoms with Gasteiger partial charge in [0.15, 0.2) is 0 Å². The Labute approximate surface area is 141 Å². The van der Waals surface area contributed by atoms with Crippen molar-refractivity contribution in [2.75, 3.05) is 13.1 Å². The van der Waals surface area contributed by atoms with Gasteiger partial charge in [0, 0.05) is 32.2 Å². The van der Waals surface area contributed by atoms with Crippen LogP contribution in [0.5, 0.6) is 0 Å². The molecule has 1 aliphatic heterocycles. The lowest BCUT2D eigenvalue weighted by molar-refractivity contribution is 0.0791. The average molecular weight is 316 g/mol. The van der Waals surface area contributed by atoms with Crippen molar-refractivity contribution in [2.24, 2.45) is 5.92 Å². The van der Waals surface area contributed by atoms with Crippen LogP contribution in [0.25, 0.3) is 0 Å². The molecule has 1 saturated heterocycles. The minimum Gasteiger partial charge on any atom is -0.393 e. The van der Waals surface area contributed by atoms with E-state index in [1.165, 1.54) is 36.8 Å². The molecule has 1 saturated carbocycles. The van der Waals surface area contributed by atoms with Crippen LogP contribution in [0.2, 0.25) is 0 Å². The lowest BCUT2D eigenvalue weighted by Crippen LogP contribution is -2.35. The van der Waals surface area contributed by atoms with Crippen molar-refractivity contribution < 1.29 is 5.11 Å². The highest BCUT2D eigenvalue weighted by Crippen LogP contribution is 2.28. The number of benzene rings is 1. The smallest absolute Gasteiger partial charge is 0.0564 e. The number of likely N-dealkylation sites (tertiary alicyclic amines) is 1. The molecule has 2 N–H and O–H groups in total. The van der Waals surface area contributed by atoms with E-state index in [9.17, 15) is 5.11 Å². The van der Waals surface area contributed by atoms with Gasteiger partial charge in [-0.1, -0.05) is 37.6 Å². The molecule has 0 radical (unpaired) electrons. The van der Waals surface area contributed by atoms with Crippen LogP contribution in [0, 0.1) is 5.92 Å². The molecule has 1 aliphatic carbocycles. The first-order valence-electron chi connectivity index (χ1n) is 9.45. The second-order valence-electron chi connectivity index (χ2n) is 7.44. The Hall–Kier alpha value is -0.900. The predicted molar refractivity (Wildman–Crippen MR) is 95.2 cm³/mol. The van der Waals surface area contributed by atoms with E-state index in [0.29, 0.717) is 6.04 Å². The first-order valence-corrected chi connectivity index (χ1v) is 9.45. The molecule has 0 amide bonds. The van der Waals surface area contributed by atoms with E-state index in [0.717, 1.165) is 44.9 Å². The van der Waals surface area contributed by atoms with E-state index in [4.69, 9.17) is 0 Å². The third kappa shape index (κ3) is 4.79. The molecular formula is C20H32N2O. The van der Waals surface area contributed by atoms with Crippen molar-refractivity contribution in [3.63, 3.8) is 0 Å². The molecule has 1 heterocycles. The van der Waals surface area contributed by atoms with E-state index >= 15 is 0 Å². The molecular weight excluding hydrogens is 284 g/mol. The Morgan fingerprint density at radius 1 is 1.09 bits per heavy atom. The molecule has 23 heavy (non-hydrogen) atoms. The van der Waals surface area contributed by atoms with E-state index in [1.807, 2.05) is 0 Å². The number of hydrogen-bond donors (Lipinski definition) is 2. The van der Waals surface area contributed by atoms with Crippen molar-refractivity contribution in [3.05, 3.63) is 35.4 Å². The summed E-state index contributed by atoms with van der Waals surface area (Å²) in [5.41, 5.74) is 2.89. The minimum atomic E-state index is -0.0861. The molecule has 0 spiro atoms. The Morgan fingerprint density at radius 2 is 1.83 bits per heavy atom. The molecule has 3 rings (SSSR count). The van der Waals surface area contributed by atoms with Gasteiger partial charge in [-0.05, 0) is 49.1 Å². The zero-order chi connectivity index (χ0) is 16.1. The predicted octanol–water partition coefficient (Wildman–Crippen LogP) is 3.31. The quantitative estimate of drug-likeness (QED) is 0.845. The molecule has 3 nitrogen and oxygen atoms in total. The third-order valence-corrected chi connectivity index (χ3v) is 5.77. The van der Waals surface area contributed by atoms with Gasteiger partial charge in [-0.3, -0.25) is 4.90 Å². The molecule has 2 unspecified atom stereocenters. The van der Waals surface area contributed by atoms with Gasteiger partial charge in [0.2, 0.25) is 0 Å². The summed E-state index contributed by atoms with van der Waals surface area (Å²) in [5.74, 6) is 0.933. The number of nitrogens with zero attached hydrogens (tertiary/aromatic N) is 1. The highest BCUT2D eigenvalue weighted by Gasteiger charge is 2.23. The monoisotopic (exact) mass is 316 g/mol. The maximum Gasteiger partial charge on any atom is 0.0564 e. The molecule has 2 aliphatic rings. The zero-order valence-corrected chi connectivity index (χ0v) is 14.5. The molecule has 0 bridgehead atoms. The fraction of sp³-hybridized carbons (Fsp3) is 0.700. The van der Waals surface area contributed by atoms with Gasteiger partial charge in [-0.2, -0.15) is 0 Å². The van der Waals surface area contributed by atoms with Crippen LogP contribution in [0.3, 0.4) is 0 Å². The number of rotatable bonds is 6. The molecule has 2 fully saturated rings. The van der Waals surface area contributed by atoms with E-state index < -0.39 is 0 Å². The van der Waals surface area contributed by atoms with Crippen LogP contribution in [-0.4, -0.2) is 35.2 Å². The van der Waals surface area contributed by atoms with Gasteiger partial charge >= 0.3 is 0 Å². The van der Waals surface area contributed by atoms with Crippen molar-refractivity contribution in [1.29, 1.82) is 0 Å². The van der Waals surface area contributed by atoms with Gasteiger partial charge in [-0.25, -0.2) is 0 Å². The van der Waals surface area contributed by atoms with E-state index in [1.54, 1.807) is 0 Å². The number of aliphatic hydroxyl groups excluding tert-OH is 1. The number of piperidine rings is 1. The summed E-state index contributed by atoms with van der Waals surface area (Å²) in [6.45, 7) is 6.37. The summed E-state index contributed by atoms with van der Waals surface area (Å²) in [7, 11) is 0. The van der Waals surface area contributed by atoms with Crippen molar-refractivity contribution in [3.8, 4) is 0 Å². The summed E-state index contributed by atoms with van der Waals surface area (Å²) >= 11 is 0. The topological polar surface area (TPSA) is 35.5 Å². The lowest BCUT2D eigenvalue weighted by atomic mass is 10.0. The second kappa shape index (κ2) is 8.27. The van der Waals surface area contributed by atoms with Crippen LogP contribution < -0.4 is 5.32 Å². The number of hydrogen-bond acceptors (Lipinski definition) is 3. The largest absolute Gasteiger partial charge is 0.393 e. The van der Waals surface area contributed by atoms with Gasteiger partial charge in [0.1, 0.15) is 0 Å². The summed E-state index contributed by atoms with van der Waals surface area (Å²) in [6.07, 6.45) is 7.16. The van der Waals surface area contributed by atoms with E-state index in [-0.39, 0.29) is 6.10 Å². The maximum atomic E-state index is 9.66. The van der Waals surface area contributed by atoms with Crippen molar-refractivity contribution in [1.82, 2.24) is 10.2 Å². The Balaban J connectivity index is 1.53. The number of aliphatic hydroxyl groups is 1. The average Bonchev–Trinajstić information content (AvgIpc) is 3.04. The van der Waals surface area contributed by atoms with Gasteiger partial charge in [0.25, 0.3) is 0 Å². The molecule has 3 heteroatoms.